The summed E-state index contributed by atoms with van der Waals surface area (Å²) in [6.07, 6.45) is 1.51. The number of nitrogens with one attached hydrogen (secondary N) is 2. The minimum Gasteiger partial charge on any atom is -0.345 e. The van der Waals surface area contributed by atoms with Crippen molar-refractivity contribution in [3.63, 3.8) is 0 Å². The Labute approximate surface area is 141 Å². The molecule has 3 heterocycles. The van der Waals surface area contributed by atoms with Crippen molar-refractivity contribution in [3.05, 3.63) is 24.3 Å². The molecule has 1 aliphatic rings. The van der Waals surface area contributed by atoms with Crippen LogP contribution < -0.4 is 5.32 Å². The molecule has 0 radical (unpaired) electrons. The smallest absolute Gasteiger partial charge is 0.345 e. The van der Waals surface area contributed by atoms with Gasteiger partial charge in [-0.05, 0) is 24.8 Å². The van der Waals surface area contributed by atoms with Crippen LogP contribution in [0.1, 0.15) is 37.9 Å². The van der Waals surface area contributed by atoms with Gasteiger partial charge in [0.1, 0.15) is 5.82 Å². The molecule has 9 heteroatoms. The SMILES string of the molecule is CC[C@@H]1C[C@H](NCC(F)(F)F)C[C@@H]1c1nnc2cnc3[nH]ccc3n12. The summed E-state index contributed by atoms with van der Waals surface area (Å²) in [6, 6.07) is 1.75. The van der Waals surface area contributed by atoms with E-state index in [9.17, 15) is 13.2 Å². The zero-order valence-electron chi connectivity index (χ0n) is 13.7. The van der Waals surface area contributed by atoms with Crippen LogP contribution >= 0.6 is 0 Å². The fourth-order valence-electron chi connectivity index (χ4n) is 3.96. The van der Waals surface area contributed by atoms with E-state index in [1.807, 2.05) is 10.5 Å². The first kappa shape index (κ1) is 16.3. The Hall–Kier alpha value is -2.16. The number of H-pyrrole nitrogens is 1. The predicted molar refractivity (Wildman–Crippen MR) is 86.2 cm³/mol. The molecule has 2 N–H and O–H groups in total. The van der Waals surface area contributed by atoms with Crippen molar-refractivity contribution in [2.24, 2.45) is 5.92 Å². The maximum absolute atomic E-state index is 12.5. The van der Waals surface area contributed by atoms with Crippen molar-refractivity contribution in [1.29, 1.82) is 0 Å². The third-order valence-corrected chi connectivity index (χ3v) is 5.11. The normalized spacial score (nSPS) is 24.6. The lowest BCUT2D eigenvalue weighted by Gasteiger charge is -2.16. The lowest BCUT2D eigenvalue weighted by molar-refractivity contribution is -0.126. The number of halogens is 3. The van der Waals surface area contributed by atoms with Gasteiger partial charge in [-0.2, -0.15) is 13.2 Å². The maximum atomic E-state index is 12.5. The van der Waals surface area contributed by atoms with Gasteiger partial charge in [-0.25, -0.2) is 4.98 Å². The number of hydrogen-bond donors (Lipinski definition) is 2. The number of fused-ring (bicyclic) bond motifs is 3. The van der Waals surface area contributed by atoms with E-state index in [-0.39, 0.29) is 17.9 Å². The van der Waals surface area contributed by atoms with Gasteiger partial charge >= 0.3 is 6.18 Å². The Morgan fingerprint density at radius 3 is 2.92 bits per heavy atom. The molecule has 0 saturated heterocycles. The van der Waals surface area contributed by atoms with E-state index in [0.717, 1.165) is 23.4 Å². The van der Waals surface area contributed by atoms with Gasteiger partial charge < -0.3 is 10.3 Å². The molecule has 0 bridgehead atoms. The van der Waals surface area contributed by atoms with Gasteiger partial charge in [0.2, 0.25) is 0 Å². The van der Waals surface area contributed by atoms with E-state index in [1.54, 1.807) is 12.4 Å². The monoisotopic (exact) mass is 352 g/mol. The van der Waals surface area contributed by atoms with E-state index in [4.69, 9.17) is 0 Å². The zero-order chi connectivity index (χ0) is 17.6. The Bertz CT molecular complexity index is 883. The highest BCUT2D eigenvalue weighted by Crippen LogP contribution is 2.41. The van der Waals surface area contributed by atoms with Gasteiger partial charge in [0.25, 0.3) is 0 Å². The van der Waals surface area contributed by atoms with Gasteiger partial charge in [-0.3, -0.25) is 4.40 Å². The molecule has 4 rings (SSSR count). The number of hydrogen-bond acceptors (Lipinski definition) is 4. The van der Waals surface area contributed by atoms with Crippen molar-refractivity contribution in [2.45, 2.75) is 44.3 Å². The summed E-state index contributed by atoms with van der Waals surface area (Å²) < 4.78 is 39.5. The van der Waals surface area contributed by atoms with Crippen LogP contribution in [0.2, 0.25) is 0 Å². The Morgan fingerprint density at radius 1 is 1.32 bits per heavy atom. The topological polar surface area (TPSA) is 70.9 Å². The number of alkyl halides is 3. The molecule has 0 spiro atoms. The molecule has 6 nitrogen and oxygen atoms in total. The van der Waals surface area contributed by atoms with Crippen LogP contribution in [0.15, 0.2) is 18.5 Å². The lowest BCUT2D eigenvalue weighted by Crippen LogP contribution is -2.35. The highest BCUT2D eigenvalue weighted by Gasteiger charge is 2.38. The van der Waals surface area contributed by atoms with Crippen molar-refractivity contribution in [3.8, 4) is 0 Å². The highest BCUT2D eigenvalue weighted by atomic mass is 19.4. The Balaban J connectivity index is 1.66. The number of aromatic nitrogens is 5. The fraction of sp³-hybridized carbons (Fsp3) is 0.562. The summed E-state index contributed by atoms with van der Waals surface area (Å²) in [5, 5.41) is 11.2. The molecule has 3 aromatic heterocycles. The second kappa shape index (κ2) is 5.98. The van der Waals surface area contributed by atoms with Crippen LogP contribution in [0, 0.1) is 5.92 Å². The number of aromatic amines is 1. The molecule has 0 amide bonds. The van der Waals surface area contributed by atoms with Crippen LogP contribution in [0.3, 0.4) is 0 Å². The van der Waals surface area contributed by atoms with Gasteiger partial charge in [0.05, 0.1) is 18.3 Å². The van der Waals surface area contributed by atoms with Gasteiger partial charge in [0, 0.05) is 18.2 Å². The van der Waals surface area contributed by atoms with Crippen molar-refractivity contribution < 1.29 is 13.2 Å². The fourth-order valence-corrected chi connectivity index (χ4v) is 3.96. The Morgan fingerprint density at radius 2 is 2.16 bits per heavy atom. The Kier molecular flexibility index (Phi) is 3.90. The zero-order valence-corrected chi connectivity index (χ0v) is 13.7. The molecule has 3 atom stereocenters. The van der Waals surface area contributed by atoms with Crippen molar-refractivity contribution >= 4 is 16.8 Å². The maximum Gasteiger partial charge on any atom is 0.401 e. The molecular formula is C16H19F3N6. The average molecular weight is 352 g/mol. The number of nitrogens with zero attached hydrogens (tertiary/aromatic N) is 4. The first-order valence-corrected chi connectivity index (χ1v) is 8.43. The van der Waals surface area contributed by atoms with Crippen LogP contribution in [-0.2, 0) is 0 Å². The van der Waals surface area contributed by atoms with Gasteiger partial charge in [-0.1, -0.05) is 13.3 Å². The molecule has 1 saturated carbocycles. The summed E-state index contributed by atoms with van der Waals surface area (Å²) in [7, 11) is 0. The molecule has 1 aliphatic carbocycles. The first-order valence-electron chi connectivity index (χ1n) is 8.43. The van der Waals surface area contributed by atoms with E-state index in [2.05, 4.69) is 32.4 Å². The van der Waals surface area contributed by atoms with E-state index >= 15 is 0 Å². The van der Waals surface area contributed by atoms with Crippen molar-refractivity contribution in [1.82, 2.24) is 29.9 Å². The minimum absolute atomic E-state index is 0.0752. The summed E-state index contributed by atoms with van der Waals surface area (Å²) in [5.74, 6) is 1.16. The largest absolute Gasteiger partial charge is 0.401 e. The predicted octanol–water partition coefficient (Wildman–Crippen LogP) is 3.03. The summed E-state index contributed by atoms with van der Waals surface area (Å²) >= 11 is 0. The van der Waals surface area contributed by atoms with Crippen LogP contribution in [0.5, 0.6) is 0 Å². The van der Waals surface area contributed by atoms with Crippen molar-refractivity contribution in [2.75, 3.05) is 6.54 Å². The quantitative estimate of drug-likeness (QED) is 0.757. The summed E-state index contributed by atoms with van der Waals surface area (Å²) in [6.45, 7) is 1.12. The van der Waals surface area contributed by atoms with E-state index in [1.165, 1.54) is 0 Å². The third-order valence-electron chi connectivity index (χ3n) is 5.11. The molecule has 0 aromatic carbocycles. The van der Waals surface area contributed by atoms with E-state index in [0.29, 0.717) is 18.5 Å². The molecule has 3 aromatic rings. The van der Waals surface area contributed by atoms with Gasteiger partial charge in [-0.15, -0.1) is 10.2 Å². The molecular weight excluding hydrogens is 333 g/mol. The number of rotatable bonds is 4. The summed E-state index contributed by atoms with van der Waals surface area (Å²) in [5.41, 5.74) is 2.29. The second-order valence-corrected chi connectivity index (χ2v) is 6.66. The summed E-state index contributed by atoms with van der Waals surface area (Å²) in [4.78, 5) is 7.37. The van der Waals surface area contributed by atoms with Gasteiger partial charge in [0.15, 0.2) is 11.3 Å². The minimum atomic E-state index is -4.19. The van der Waals surface area contributed by atoms with Crippen LogP contribution in [0.25, 0.3) is 16.8 Å². The molecule has 134 valence electrons. The van der Waals surface area contributed by atoms with E-state index < -0.39 is 12.7 Å². The highest BCUT2D eigenvalue weighted by molar-refractivity contribution is 5.74. The second-order valence-electron chi connectivity index (χ2n) is 6.66. The first-order chi connectivity index (χ1) is 12.0. The lowest BCUT2D eigenvalue weighted by atomic mass is 9.93. The standard InChI is InChI=1S/C16H19F3N6/c1-2-9-5-10(22-8-16(17,18)19)6-11(9)15-24-23-13-7-21-14-12(25(13)15)3-4-20-14/h3-4,7,9-11,20,22H,2,5-6,8H2,1H3/t9-,10+,11+/m1/s1. The molecule has 0 unspecified atom stereocenters. The molecule has 25 heavy (non-hydrogen) atoms. The third kappa shape index (κ3) is 2.97. The molecule has 1 fully saturated rings. The van der Waals surface area contributed by atoms with Crippen LogP contribution in [-0.4, -0.2) is 43.3 Å². The molecule has 0 aliphatic heterocycles. The van der Waals surface area contributed by atoms with Crippen LogP contribution in [0.4, 0.5) is 13.2 Å². The average Bonchev–Trinajstić information content (AvgIpc) is 3.27.